The first-order chi connectivity index (χ1) is 8.11. The van der Waals surface area contributed by atoms with Crippen LogP contribution < -0.4 is 11.3 Å². The van der Waals surface area contributed by atoms with Crippen molar-refractivity contribution in [1.82, 2.24) is 5.43 Å². The van der Waals surface area contributed by atoms with E-state index in [1.807, 2.05) is 0 Å². The summed E-state index contributed by atoms with van der Waals surface area (Å²) in [4.78, 5) is 0. The Morgan fingerprint density at radius 3 is 2.39 bits per heavy atom. The van der Waals surface area contributed by atoms with Gasteiger partial charge in [0.05, 0.1) is 10.8 Å². The molecule has 0 saturated heterocycles. The van der Waals surface area contributed by atoms with Crippen LogP contribution in [0.4, 0.5) is 4.39 Å². The summed E-state index contributed by atoms with van der Waals surface area (Å²) in [7, 11) is -3.36. The standard InChI is InChI=1S/C12H19FN2O2S/c1-8-5-6-9(13)7-10(8)11(15-14)12(2,3)18(4,16)17/h5-7,11,15H,14H2,1-4H3. The van der Waals surface area contributed by atoms with Crippen LogP contribution in [0.1, 0.15) is 31.0 Å². The van der Waals surface area contributed by atoms with Crippen molar-refractivity contribution in [2.45, 2.75) is 31.6 Å². The molecule has 0 aliphatic rings. The summed E-state index contributed by atoms with van der Waals surface area (Å²) in [5, 5.41) is 0. The van der Waals surface area contributed by atoms with Crippen LogP contribution in [0.25, 0.3) is 0 Å². The molecule has 102 valence electrons. The van der Waals surface area contributed by atoms with Gasteiger partial charge in [0.1, 0.15) is 5.82 Å². The first-order valence-electron chi connectivity index (χ1n) is 5.53. The van der Waals surface area contributed by atoms with E-state index in [4.69, 9.17) is 5.84 Å². The van der Waals surface area contributed by atoms with Crippen molar-refractivity contribution in [1.29, 1.82) is 0 Å². The predicted octanol–water partition coefficient (Wildman–Crippen LogP) is 1.46. The number of benzene rings is 1. The molecule has 1 aromatic rings. The van der Waals surface area contributed by atoms with E-state index < -0.39 is 26.4 Å². The number of rotatable bonds is 4. The second-order valence-electron chi connectivity index (χ2n) is 4.98. The van der Waals surface area contributed by atoms with E-state index in [0.717, 1.165) is 11.8 Å². The Balaban J connectivity index is 3.39. The van der Waals surface area contributed by atoms with E-state index in [2.05, 4.69) is 5.43 Å². The molecule has 0 aromatic heterocycles. The van der Waals surface area contributed by atoms with E-state index >= 15 is 0 Å². The molecular formula is C12H19FN2O2S. The number of hydrogen-bond donors (Lipinski definition) is 2. The summed E-state index contributed by atoms with van der Waals surface area (Å²) in [5.74, 6) is 5.05. The Bertz CT molecular complexity index is 541. The van der Waals surface area contributed by atoms with E-state index in [-0.39, 0.29) is 0 Å². The molecular weight excluding hydrogens is 255 g/mol. The number of halogens is 1. The van der Waals surface area contributed by atoms with Crippen LogP contribution in [0, 0.1) is 12.7 Å². The van der Waals surface area contributed by atoms with Crippen molar-refractivity contribution in [2.24, 2.45) is 5.84 Å². The quantitative estimate of drug-likeness (QED) is 0.644. The maximum absolute atomic E-state index is 13.3. The third-order valence-corrected chi connectivity index (χ3v) is 5.52. The Labute approximate surface area is 107 Å². The first kappa shape index (κ1) is 15.1. The number of aryl methyl sites for hydroxylation is 1. The minimum Gasteiger partial charge on any atom is -0.271 e. The van der Waals surface area contributed by atoms with Crippen molar-refractivity contribution >= 4 is 9.84 Å². The van der Waals surface area contributed by atoms with Gasteiger partial charge in [0.15, 0.2) is 9.84 Å². The molecule has 4 nitrogen and oxygen atoms in total. The van der Waals surface area contributed by atoms with Gasteiger partial charge in [0, 0.05) is 6.26 Å². The summed E-state index contributed by atoms with van der Waals surface area (Å²) >= 11 is 0. The summed E-state index contributed by atoms with van der Waals surface area (Å²) in [5.41, 5.74) is 3.82. The maximum Gasteiger partial charge on any atom is 0.154 e. The smallest absolute Gasteiger partial charge is 0.154 e. The molecule has 1 aromatic carbocycles. The molecule has 3 N–H and O–H groups in total. The Kier molecular flexibility index (Phi) is 4.15. The molecule has 0 heterocycles. The topological polar surface area (TPSA) is 72.2 Å². The minimum atomic E-state index is -3.36. The van der Waals surface area contributed by atoms with Crippen molar-refractivity contribution in [3.63, 3.8) is 0 Å². The normalized spacial score (nSPS) is 14.6. The van der Waals surface area contributed by atoms with E-state index in [1.165, 1.54) is 12.1 Å². The monoisotopic (exact) mass is 274 g/mol. The highest BCUT2D eigenvalue weighted by atomic mass is 32.2. The zero-order valence-corrected chi connectivity index (χ0v) is 11.8. The Morgan fingerprint density at radius 2 is 1.94 bits per heavy atom. The fraction of sp³-hybridized carbons (Fsp3) is 0.500. The molecule has 1 unspecified atom stereocenters. The second kappa shape index (κ2) is 4.95. The van der Waals surface area contributed by atoms with Crippen molar-refractivity contribution in [3.8, 4) is 0 Å². The van der Waals surface area contributed by atoms with Crippen LogP contribution >= 0.6 is 0 Å². The van der Waals surface area contributed by atoms with Crippen molar-refractivity contribution < 1.29 is 12.8 Å². The van der Waals surface area contributed by atoms with Crippen LogP contribution in [0.2, 0.25) is 0 Å². The number of nitrogens with one attached hydrogen (secondary N) is 1. The van der Waals surface area contributed by atoms with Gasteiger partial charge < -0.3 is 0 Å². The number of nitrogens with two attached hydrogens (primary N) is 1. The van der Waals surface area contributed by atoms with Crippen LogP contribution in [-0.2, 0) is 9.84 Å². The van der Waals surface area contributed by atoms with E-state index in [0.29, 0.717) is 5.56 Å². The lowest BCUT2D eigenvalue weighted by Gasteiger charge is -2.33. The average molecular weight is 274 g/mol. The molecule has 0 spiro atoms. The second-order valence-corrected chi connectivity index (χ2v) is 7.57. The molecule has 0 saturated carbocycles. The highest BCUT2D eigenvalue weighted by Crippen LogP contribution is 2.33. The lowest BCUT2D eigenvalue weighted by molar-refractivity contribution is 0.424. The largest absolute Gasteiger partial charge is 0.271 e. The zero-order valence-electron chi connectivity index (χ0n) is 11.0. The van der Waals surface area contributed by atoms with Crippen LogP contribution in [0.5, 0.6) is 0 Å². The van der Waals surface area contributed by atoms with Gasteiger partial charge >= 0.3 is 0 Å². The summed E-state index contributed by atoms with van der Waals surface area (Å²) in [6.45, 7) is 4.92. The summed E-state index contributed by atoms with van der Waals surface area (Å²) in [6.07, 6.45) is 1.14. The van der Waals surface area contributed by atoms with E-state index in [9.17, 15) is 12.8 Å². The van der Waals surface area contributed by atoms with Crippen molar-refractivity contribution in [3.05, 3.63) is 35.1 Å². The van der Waals surface area contributed by atoms with Gasteiger partial charge in [-0.2, -0.15) is 0 Å². The molecule has 0 aliphatic heterocycles. The molecule has 0 fully saturated rings. The predicted molar refractivity (Wildman–Crippen MR) is 70.1 cm³/mol. The third-order valence-electron chi connectivity index (χ3n) is 3.37. The van der Waals surface area contributed by atoms with Crippen molar-refractivity contribution in [2.75, 3.05) is 6.26 Å². The van der Waals surface area contributed by atoms with Gasteiger partial charge in [-0.3, -0.25) is 11.3 Å². The maximum atomic E-state index is 13.3. The molecule has 1 atom stereocenters. The molecule has 0 radical (unpaired) electrons. The molecule has 0 aliphatic carbocycles. The molecule has 1 rings (SSSR count). The Hall–Kier alpha value is -0.980. The molecule has 0 bridgehead atoms. The number of sulfone groups is 1. The lowest BCUT2D eigenvalue weighted by atomic mass is 9.92. The SMILES string of the molecule is Cc1ccc(F)cc1C(NN)C(C)(C)S(C)(=O)=O. The Morgan fingerprint density at radius 1 is 1.39 bits per heavy atom. The fourth-order valence-electron chi connectivity index (χ4n) is 1.80. The third kappa shape index (κ3) is 2.71. The molecule has 0 amide bonds. The van der Waals surface area contributed by atoms with Gasteiger partial charge in [0.2, 0.25) is 0 Å². The fourth-order valence-corrected chi connectivity index (χ4v) is 2.42. The van der Waals surface area contributed by atoms with Gasteiger partial charge in [-0.1, -0.05) is 6.07 Å². The summed E-state index contributed by atoms with van der Waals surface area (Å²) in [6, 6.07) is 3.57. The van der Waals surface area contributed by atoms with E-state index in [1.54, 1.807) is 26.8 Å². The number of hydrazine groups is 1. The summed E-state index contributed by atoms with van der Waals surface area (Å²) < 4.78 is 35.8. The number of hydrogen-bond acceptors (Lipinski definition) is 4. The molecule has 6 heteroatoms. The van der Waals surface area contributed by atoms with Gasteiger partial charge in [0.25, 0.3) is 0 Å². The van der Waals surface area contributed by atoms with Gasteiger partial charge in [-0.05, 0) is 44.0 Å². The lowest BCUT2D eigenvalue weighted by Crippen LogP contribution is -2.47. The minimum absolute atomic E-state index is 0.417. The van der Waals surface area contributed by atoms with Crippen LogP contribution in [0.3, 0.4) is 0 Å². The van der Waals surface area contributed by atoms with Crippen LogP contribution in [0.15, 0.2) is 18.2 Å². The molecule has 18 heavy (non-hydrogen) atoms. The van der Waals surface area contributed by atoms with Crippen LogP contribution in [-0.4, -0.2) is 19.4 Å². The first-order valence-corrected chi connectivity index (χ1v) is 7.42. The van der Waals surface area contributed by atoms with Gasteiger partial charge in [-0.15, -0.1) is 0 Å². The average Bonchev–Trinajstić information content (AvgIpc) is 2.22. The highest BCUT2D eigenvalue weighted by Gasteiger charge is 2.40. The van der Waals surface area contributed by atoms with Gasteiger partial charge in [-0.25, -0.2) is 12.8 Å². The highest BCUT2D eigenvalue weighted by molar-refractivity contribution is 7.92. The zero-order chi connectivity index (χ0) is 14.1.